The van der Waals surface area contributed by atoms with E-state index in [1.807, 2.05) is 32.0 Å². The minimum Gasteiger partial charge on any atom is -0.396 e. The highest BCUT2D eigenvalue weighted by Gasteiger charge is 2.17. The first-order valence-electron chi connectivity index (χ1n) is 8.28. The van der Waals surface area contributed by atoms with Gasteiger partial charge in [-0.3, -0.25) is 4.55 Å². The maximum Gasteiger partial charge on any atom is 0.294 e. The molecule has 0 aromatic heterocycles. The second-order valence-corrected chi connectivity index (χ2v) is 7.60. The third-order valence-corrected chi connectivity index (χ3v) is 5.15. The number of aliphatic hydroxyl groups is 1. The van der Waals surface area contributed by atoms with Gasteiger partial charge in [-0.1, -0.05) is 12.1 Å². The SMILES string of the molecule is CCN(Cc1c(C)cc(S(=O)(=O)O)cc1CCO)c1cccc(C)c1. The maximum absolute atomic E-state index is 11.5. The van der Waals surface area contributed by atoms with Gasteiger partial charge in [0.05, 0.1) is 4.90 Å². The van der Waals surface area contributed by atoms with E-state index < -0.39 is 10.1 Å². The molecule has 0 saturated heterocycles. The summed E-state index contributed by atoms with van der Waals surface area (Å²) in [6.07, 6.45) is 0.338. The number of hydrogen-bond acceptors (Lipinski definition) is 4. The molecule has 0 amide bonds. The molecule has 0 radical (unpaired) electrons. The van der Waals surface area contributed by atoms with E-state index in [1.54, 1.807) is 0 Å². The van der Waals surface area contributed by atoms with Crippen molar-refractivity contribution in [1.29, 1.82) is 0 Å². The number of hydrogen-bond donors (Lipinski definition) is 2. The number of rotatable bonds is 7. The van der Waals surface area contributed by atoms with E-state index in [0.717, 1.165) is 28.9 Å². The van der Waals surface area contributed by atoms with Crippen LogP contribution in [0.4, 0.5) is 5.69 Å². The predicted octanol–water partition coefficient (Wildman–Crippen LogP) is 3.11. The fourth-order valence-corrected chi connectivity index (χ4v) is 3.59. The van der Waals surface area contributed by atoms with E-state index in [4.69, 9.17) is 0 Å². The summed E-state index contributed by atoms with van der Waals surface area (Å²) < 4.78 is 32.3. The van der Waals surface area contributed by atoms with Crippen molar-refractivity contribution < 1.29 is 18.1 Å². The molecule has 0 aliphatic carbocycles. The molecule has 6 heteroatoms. The van der Waals surface area contributed by atoms with Gasteiger partial charge in [0.1, 0.15) is 0 Å². The van der Waals surface area contributed by atoms with Crippen molar-refractivity contribution in [3.8, 4) is 0 Å². The Morgan fingerprint density at radius 1 is 1.12 bits per heavy atom. The summed E-state index contributed by atoms with van der Waals surface area (Å²) in [6.45, 7) is 7.25. The molecule has 2 N–H and O–H groups in total. The van der Waals surface area contributed by atoms with E-state index >= 15 is 0 Å². The zero-order valence-electron chi connectivity index (χ0n) is 14.9. The quantitative estimate of drug-likeness (QED) is 0.739. The molecule has 0 saturated carbocycles. The van der Waals surface area contributed by atoms with Crippen molar-refractivity contribution in [1.82, 2.24) is 0 Å². The maximum atomic E-state index is 11.5. The van der Waals surface area contributed by atoms with Gasteiger partial charge in [0, 0.05) is 25.4 Å². The van der Waals surface area contributed by atoms with Crippen molar-refractivity contribution in [3.05, 3.63) is 58.7 Å². The van der Waals surface area contributed by atoms with E-state index in [2.05, 4.69) is 17.9 Å². The lowest BCUT2D eigenvalue weighted by molar-refractivity contribution is 0.299. The van der Waals surface area contributed by atoms with Crippen LogP contribution in [0.2, 0.25) is 0 Å². The topological polar surface area (TPSA) is 77.8 Å². The number of benzene rings is 2. The predicted molar refractivity (Wildman–Crippen MR) is 99.7 cm³/mol. The minimum absolute atomic E-state index is 0.0854. The van der Waals surface area contributed by atoms with Crippen LogP contribution in [0.1, 0.15) is 29.2 Å². The Morgan fingerprint density at radius 2 is 1.84 bits per heavy atom. The monoisotopic (exact) mass is 363 g/mol. The van der Waals surface area contributed by atoms with Gasteiger partial charge >= 0.3 is 0 Å². The van der Waals surface area contributed by atoms with Gasteiger partial charge in [0.25, 0.3) is 10.1 Å². The number of aryl methyl sites for hydroxylation is 2. The fourth-order valence-electron chi connectivity index (χ4n) is 2.97. The van der Waals surface area contributed by atoms with E-state index in [1.165, 1.54) is 17.7 Å². The van der Waals surface area contributed by atoms with Crippen molar-refractivity contribution >= 4 is 15.8 Å². The van der Waals surface area contributed by atoms with Gasteiger partial charge in [-0.2, -0.15) is 8.42 Å². The zero-order valence-corrected chi connectivity index (χ0v) is 15.7. The molecule has 0 fully saturated rings. The second-order valence-electron chi connectivity index (χ2n) is 6.18. The largest absolute Gasteiger partial charge is 0.396 e. The van der Waals surface area contributed by atoms with Crippen molar-refractivity contribution in [2.45, 2.75) is 38.6 Å². The minimum atomic E-state index is -4.27. The highest BCUT2D eigenvalue weighted by Crippen LogP contribution is 2.25. The van der Waals surface area contributed by atoms with Gasteiger partial charge in [0.15, 0.2) is 0 Å². The third kappa shape index (κ3) is 4.81. The summed E-state index contributed by atoms with van der Waals surface area (Å²) in [5.41, 5.74) is 4.76. The Labute approximate surface area is 149 Å². The number of aliphatic hydroxyl groups excluding tert-OH is 1. The summed E-state index contributed by atoms with van der Waals surface area (Å²) in [7, 11) is -4.27. The summed E-state index contributed by atoms with van der Waals surface area (Å²) in [4.78, 5) is 2.07. The number of anilines is 1. The van der Waals surface area contributed by atoms with Crippen LogP contribution in [0.5, 0.6) is 0 Å². The molecule has 25 heavy (non-hydrogen) atoms. The molecule has 0 atom stereocenters. The van der Waals surface area contributed by atoms with E-state index in [-0.39, 0.29) is 11.5 Å². The molecule has 0 heterocycles. The third-order valence-electron chi connectivity index (χ3n) is 4.32. The first-order valence-corrected chi connectivity index (χ1v) is 9.72. The Balaban J connectivity index is 2.46. The molecule has 0 aliphatic rings. The van der Waals surface area contributed by atoms with Crippen LogP contribution in [-0.4, -0.2) is 31.2 Å². The van der Waals surface area contributed by atoms with Gasteiger partial charge in [-0.15, -0.1) is 0 Å². The van der Waals surface area contributed by atoms with E-state index in [9.17, 15) is 18.1 Å². The first kappa shape index (κ1) is 19.4. The lowest BCUT2D eigenvalue weighted by atomic mass is 9.98. The zero-order chi connectivity index (χ0) is 18.6. The van der Waals surface area contributed by atoms with E-state index in [0.29, 0.717) is 13.0 Å². The van der Waals surface area contributed by atoms with Gasteiger partial charge in [-0.05, 0) is 73.7 Å². The van der Waals surface area contributed by atoms with Crippen molar-refractivity contribution in [2.24, 2.45) is 0 Å². The fraction of sp³-hybridized carbons (Fsp3) is 0.368. The lowest BCUT2D eigenvalue weighted by Gasteiger charge is -2.26. The first-order chi connectivity index (χ1) is 11.8. The van der Waals surface area contributed by atoms with Crippen LogP contribution in [0.3, 0.4) is 0 Å². The molecular formula is C19H25NO4S. The molecule has 0 spiro atoms. The summed E-state index contributed by atoms with van der Waals surface area (Å²) >= 11 is 0. The van der Waals surface area contributed by atoms with Crippen molar-refractivity contribution in [3.63, 3.8) is 0 Å². The van der Waals surface area contributed by atoms with Gasteiger partial charge in [-0.25, -0.2) is 0 Å². The molecule has 5 nitrogen and oxygen atoms in total. The van der Waals surface area contributed by atoms with Crippen LogP contribution in [0.15, 0.2) is 41.3 Å². The molecular weight excluding hydrogens is 338 g/mol. The number of nitrogens with zero attached hydrogens (tertiary/aromatic N) is 1. The Kier molecular flexibility index (Phi) is 6.21. The molecule has 2 rings (SSSR count). The smallest absolute Gasteiger partial charge is 0.294 e. The van der Waals surface area contributed by atoms with Crippen molar-refractivity contribution in [2.75, 3.05) is 18.1 Å². The van der Waals surface area contributed by atoms with Crippen LogP contribution < -0.4 is 4.90 Å². The molecule has 136 valence electrons. The normalized spacial score (nSPS) is 11.6. The summed E-state index contributed by atoms with van der Waals surface area (Å²) in [5, 5.41) is 9.35. The molecule has 2 aromatic carbocycles. The average Bonchev–Trinajstić information content (AvgIpc) is 2.53. The molecule has 0 unspecified atom stereocenters. The molecule has 2 aromatic rings. The van der Waals surface area contributed by atoms with Crippen LogP contribution in [0.25, 0.3) is 0 Å². The average molecular weight is 363 g/mol. The summed E-state index contributed by atoms with van der Waals surface area (Å²) in [5.74, 6) is 0. The van der Waals surface area contributed by atoms with Crippen LogP contribution >= 0.6 is 0 Å². The van der Waals surface area contributed by atoms with Gasteiger partial charge in [0.2, 0.25) is 0 Å². The summed E-state index contributed by atoms with van der Waals surface area (Å²) in [6, 6.07) is 11.1. The second kappa shape index (κ2) is 7.99. The standard InChI is InChI=1S/C19H25NO4S/c1-4-20(17-7-5-6-14(2)10-17)13-19-15(3)11-18(25(22,23)24)12-16(19)8-9-21/h5-7,10-12,21H,4,8-9,13H2,1-3H3,(H,22,23,24). The van der Waals surface area contributed by atoms with Crippen LogP contribution in [0, 0.1) is 13.8 Å². The highest BCUT2D eigenvalue weighted by molar-refractivity contribution is 7.85. The Morgan fingerprint density at radius 3 is 2.40 bits per heavy atom. The van der Waals surface area contributed by atoms with Gasteiger partial charge < -0.3 is 10.0 Å². The Bertz CT molecular complexity index is 846. The highest BCUT2D eigenvalue weighted by atomic mass is 32.2. The van der Waals surface area contributed by atoms with Crippen LogP contribution in [-0.2, 0) is 23.1 Å². The Hall–Kier alpha value is -1.89. The molecule has 0 aliphatic heterocycles. The molecule has 0 bridgehead atoms. The lowest BCUT2D eigenvalue weighted by Crippen LogP contribution is -2.24.